The molecule has 2 rings (SSSR count). The number of carbonyl (C=O) groups is 3. The summed E-state index contributed by atoms with van der Waals surface area (Å²) in [7, 11) is 0. The number of carbonyl (C=O) groups excluding carboxylic acids is 3. The predicted octanol–water partition coefficient (Wildman–Crippen LogP) is 0.452. The Bertz CT molecular complexity index is 574. The molecule has 0 aromatic heterocycles. The minimum Gasteiger partial charge on any atom is -0.353 e. The molecule has 1 aromatic carbocycles. The second-order valence-corrected chi connectivity index (χ2v) is 5.03. The van der Waals surface area contributed by atoms with Crippen molar-refractivity contribution in [1.82, 2.24) is 10.6 Å². The molecule has 4 N–H and O–H groups in total. The molecule has 1 unspecified atom stereocenters. The zero-order valence-electron chi connectivity index (χ0n) is 12.4. The quantitative estimate of drug-likeness (QED) is 0.635. The summed E-state index contributed by atoms with van der Waals surface area (Å²) in [4.78, 5) is 34.9. The summed E-state index contributed by atoms with van der Waals surface area (Å²) in [5, 5.41) is 11.2. The Kier molecular flexibility index (Phi) is 5.48. The maximum absolute atomic E-state index is 12.0. The number of amides is 3. The first-order valence-electron chi connectivity index (χ1n) is 7.29. The predicted molar refractivity (Wildman–Crippen MR) is 83.4 cm³/mol. The highest BCUT2D eigenvalue weighted by Gasteiger charge is 2.23. The van der Waals surface area contributed by atoms with Gasteiger partial charge in [-0.3, -0.25) is 14.4 Å². The maximum Gasteiger partial charge on any atom is 0.237 e. The van der Waals surface area contributed by atoms with E-state index in [4.69, 9.17) is 0 Å². The van der Waals surface area contributed by atoms with Gasteiger partial charge in [0.15, 0.2) is 0 Å². The van der Waals surface area contributed by atoms with E-state index >= 15 is 0 Å². The van der Waals surface area contributed by atoms with Crippen molar-refractivity contribution < 1.29 is 14.4 Å². The van der Waals surface area contributed by atoms with Crippen molar-refractivity contribution in [2.45, 2.75) is 25.8 Å². The molecule has 0 spiro atoms. The largest absolute Gasteiger partial charge is 0.353 e. The fraction of sp³-hybridized carbons (Fsp3) is 0.400. The van der Waals surface area contributed by atoms with E-state index in [1.165, 1.54) is 0 Å². The van der Waals surface area contributed by atoms with E-state index in [9.17, 15) is 14.4 Å². The van der Waals surface area contributed by atoms with E-state index in [-0.39, 0.29) is 24.1 Å². The fourth-order valence-electron chi connectivity index (χ4n) is 2.13. The summed E-state index contributed by atoms with van der Waals surface area (Å²) >= 11 is 0. The highest BCUT2D eigenvalue weighted by atomic mass is 16.2. The van der Waals surface area contributed by atoms with Crippen molar-refractivity contribution in [1.29, 1.82) is 0 Å². The second kappa shape index (κ2) is 7.56. The van der Waals surface area contributed by atoms with Gasteiger partial charge in [0, 0.05) is 30.9 Å². The molecule has 0 bridgehead atoms. The third-order valence-corrected chi connectivity index (χ3v) is 3.27. The lowest BCUT2D eigenvalue weighted by Crippen LogP contribution is -2.53. The Morgan fingerprint density at radius 1 is 1.18 bits per heavy atom. The van der Waals surface area contributed by atoms with Crippen LogP contribution in [0.5, 0.6) is 0 Å². The van der Waals surface area contributed by atoms with Gasteiger partial charge in [0.05, 0.1) is 12.5 Å². The average Bonchev–Trinajstić information content (AvgIpc) is 2.50. The molecule has 3 amide bonds. The minimum absolute atomic E-state index is 0.0668. The molecule has 1 aliphatic rings. The first-order valence-corrected chi connectivity index (χ1v) is 7.29. The smallest absolute Gasteiger partial charge is 0.237 e. The van der Waals surface area contributed by atoms with Crippen LogP contribution in [0.15, 0.2) is 24.3 Å². The number of piperazine rings is 1. The molecule has 7 heteroatoms. The lowest BCUT2D eigenvalue weighted by atomic mass is 10.1. The summed E-state index contributed by atoms with van der Waals surface area (Å²) in [5.41, 5.74) is 1.20. The Morgan fingerprint density at radius 2 is 1.86 bits per heavy atom. The SMILES string of the molecule is CCC(=O)Nc1cccc(NC(=O)CC2NCCNC2=O)c1. The maximum atomic E-state index is 12.0. The van der Waals surface area contributed by atoms with Crippen LogP contribution in [0.4, 0.5) is 11.4 Å². The summed E-state index contributed by atoms with van der Waals surface area (Å²) in [6.07, 6.45) is 0.455. The molecule has 22 heavy (non-hydrogen) atoms. The number of rotatable bonds is 5. The number of benzene rings is 1. The second-order valence-electron chi connectivity index (χ2n) is 5.03. The highest BCUT2D eigenvalue weighted by molar-refractivity contribution is 5.96. The van der Waals surface area contributed by atoms with Gasteiger partial charge in [-0.05, 0) is 18.2 Å². The number of hydrogen-bond donors (Lipinski definition) is 4. The summed E-state index contributed by atoms with van der Waals surface area (Å²) in [6, 6.07) is 6.40. The van der Waals surface area contributed by atoms with Crippen LogP contribution in [0.3, 0.4) is 0 Å². The zero-order valence-corrected chi connectivity index (χ0v) is 12.4. The molecule has 1 heterocycles. The molecule has 7 nitrogen and oxygen atoms in total. The van der Waals surface area contributed by atoms with E-state index in [0.717, 1.165) is 0 Å². The van der Waals surface area contributed by atoms with E-state index in [1.807, 2.05) is 0 Å². The topological polar surface area (TPSA) is 99.3 Å². The van der Waals surface area contributed by atoms with Crippen LogP contribution in [0.2, 0.25) is 0 Å². The first-order chi connectivity index (χ1) is 10.6. The molecule has 0 saturated carbocycles. The average molecular weight is 304 g/mol. The van der Waals surface area contributed by atoms with E-state index in [0.29, 0.717) is 30.9 Å². The third-order valence-electron chi connectivity index (χ3n) is 3.27. The molecule has 0 aliphatic carbocycles. The Labute approximate surface area is 128 Å². The highest BCUT2D eigenvalue weighted by Crippen LogP contribution is 2.15. The monoisotopic (exact) mass is 304 g/mol. The summed E-state index contributed by atoms with van der Waals surface area (Å²) in [6.45, 7) is 3.00. The van der Waals surface area contributed by atoms with Gasteiger partial charge in [0.25, 0.3) is 0 Å². The number of hydrogen-bond acceptors (Lipinski definition) is 4. The summed E-state index contributed by atoms with van der Waals surface area (Å²) in [5.74, 6) is -0.509. The van der Waals surface area contributed by atoms with Crippen LogP contribution in [0.1, 0.15) is 19.8 Å². The van der Waals surface area contributed by atoms with Gasteiger partial charge in [0.1, 0.15) is 0 Å². The van der Waals surface area contributed by atoms with Gasteiger partial charge in [0.2, 0.25) is 17.7 Å². The van der Waals surface area contributed by atoms with Crippen molar-refractivity contribution in [2.75, 3.05) is 23.7 Å². The van der Waals surface area contributed by atoms with Crippen molar-refractivity contribution in [3.05, 3.63) is 24.3 Å². The first kappa shape index (κ1) is 16.0. The number of nitrogens with one attached hydrogen (secondary N) is 4. The third kappa shape index (κ3) is 4.56. The van der Waals surface area contributed by atoms with Crippen LogP contribution in [-0.4, -0.2) is 36.9 Å². The molecule has 1 aromatic rings. The standard InChI is InChI=1S/C15H20N4O3/c1-2-13(20)18-10-4-3-5-11(8-10)19-14(21)9-12-15(22)17-7-6-16-12/h3-5,8,12,16H,2,6-7,9H2,1H3,(H,17,22)(H,18,20)(H,19,21). The van der Waals surface area contributed by atoms with Crippen LogP contribution in [0.25, 0.3) is 0 Å². The Morgan fingerprint density at radius 3 is 2.50 bits per heavy atom. The van der Waals surface area contributed by atoms with Crippen LogP contribution in [-0.2, 0) is 14.4 Å². The molecule has 1 fully saturated rings. The van der Waals surface area contributed by atoms with Crippen molar-refractivity contribution in [3.8, 4) is 0 Å². The fourth-order valence-corrected chi connectivity index (χ4v) is 2.13. The molecule has 1 aliphatic heterocycles. The number of anilines is 2. The van der Waals surface area contributed by atoms with Crippen molar-refractivity contribution >= 4 is 29.1 Å². The van der Waals surface area contributed by atoms with Crippen molar-refractivity contribution in [2.24, 2.45) is 0 Å². The molecule has 118 valence electrons. The Balaban J connectivity index is 1.92. The van der Waals surface area contributed by atoms with Gasteiger partial charge >= 0.3 is 0 Å². The van der Waals surface area contributed by atoms with Crippen LogP contribution >= 0.6 is 0 Å². The van der Waals surface area contributed by atoms with E-state index in [2.05, 4.69) is 21.3 Å². The van der Waals surface area contributed by atoms with Gasteiger partial charge in [-0.15, -0.1) is 0 Å². The molecular weight excluding hydrogens is 284 g/mol. The normalized spacial score (nSPS) is 17.5. The molecule has 0 radical (unpaired) electrons. The van der Waals surface area contributed by atoms with E-state index in [1.54, 1.807) is 31.2 Å². The zero-order chi connectivity index (χ0) is 15.9. The van der Waals surface area contributed by atoms with Gasteiger partial charge in [-0.2, -0.15) is 0 Å². The van der Waals surface area contributed by atoms with Crippen molar-refractivity contribution in [3.63, 3.8) is 0 Å². The van der Waals surface area contributed by atoms with Gasteiger partial charge in [-0.1, -0.05) is 13.0 Å². The molecule has 1 atom stereocenters. The Hall–Kier alpha value is -2.41. The lowest BCUT2D eigenvalue weighted by molar-refractivity contribution is -0.127. The van der Waals surface area contributed by atoms with E-state index < -0.39 is 6.04 Å². The van der Waals surface area contributed by atoms with Crippen LogP contribution in [0, 0.1) is 0 Å². The van der Waals surface area contributed by atoms with Crippen LogP contribution < -0.4 is 21.3 Å². The lowest BCUT2D eigenvalue weighted by Gasteiger charge is -2.22. The molecular formula is C15H20N4O3. The molecule has 1 saturated heterocycles. The van der Waals surface area contributed by atoms with Gasteiger partial charge < -0.3 is 21.3 Å². The van der Waals surface area contributed by atoms with Gasteiger partial charge in [-0.25, -0.2) is 0 Å². The minimum atomic E-state index is -0.503. The summed E-state index contributed by atoms with van der Waals surface area (Å²) < 4.78 is 0.